The van der Waals surface area contributed by atoms with Crippen LogP contribution in [0.15, 0.2) is 65.3 Å². The summed E-state index contributed by atoms with van der Waals surface area (Å²) in [7, 11) is 0. The number of amides is 2. The van der Waals surface area contributed by atoms with Crippen LogP contribution in [0, 0.1) is 6.92 Å². The number of nitrogens with one attached hydrogen (secondary N) is 2. The number of para-hydroxylation sites is 1. The van der Waals surface area contributed by atoms with E-state index in [4.69, 9.17) is 20.8 Å². The van der Waals surface area contributed by atoms with E-state index in [1.807, 2.05) is 13.0 Å². The van der Waals surface area contributed by atoms with Crippen molar-refractivity contribution >= 4 is 34.8 Å². The summed E-state index contributed by atoms with van der Waals surface area (Å²) in [5, 5.41) is 5.88. The van der Waals surface area contributed by atoms with Crippen LogP contribution < -0.4 is 15.4 Å². The van der Waals surface area contributed by atoms with Gasteiger partial charge >= 0.3 is 0 Å². The fraction of sp³-hybridized carbons (Fsp3) is 0.100. The zero-order valence-corrected chi connectivity index (χ0v) is 15.2. The Morgan fingerprint density at radius 2 is 1.85 bits per heavy atom. The van der Waals surface area contributed by atoms with Gasteiger partial charge in [-0.2, -0.15) is 0 Å². The third-order valence-corrected chi connectivity index (χ3v) is 3.95. The van der Waals surface area contributed by atoms with Crippen LogP contribution in [0.1, 0.15) is 16.1 Å². The molecule has 0 aliphatic heterocycles. The lowest BCUT2D eigenvalue weighted by molar-refractivity contribution is -0.118. The molecule has 27 heavy (non-hydrogen) atoms. The van der Waals surface area contributed by atoms with E-state index in [0.29, 0.717) is 22.1 Å². The first-order chi connectivity index (χ1) is 13.0. The first-order valence-electron chi connectivity index (χ1n) is 8.15. The van der Waals surface area contributed by atoms with E-state index in [2.05, 4.69) is 10.6 Å². The number of anilines is 2. The fourth-order valence-corrected chi connectivity index (χ4v) is 2.54. The molecule has 6 nitrogen and oxygen atoms in total. The third-order valence-electron chi connectivity index (χ3n) is 3.64. The van der Waals surface area contributed by atoms with Gasteiger partial charge in [0.2, 0.25) is 0 Å². The molecule has 0 unspecified atom stereocenters. The smallest absolute Gasteiger partial charge is 0.291 e. The molecule has 0 fully saturated rings. The highest BCUT2D eigenvalue weighted by Crippen LogP contribution is 2.25. The van der Waals surface area contributed by atoms with Crippen LogP contribution in [0.4, 0.5) is 11.4 Å². The lowest BCUT2D eigenvalue weighted by atomic mass is 10.2. The Hall–Kier alpha value is -3.25. The molecule has 0 aliphatic rings. The molecule has 2 aromatic carbocycles. The van der Waals surface area contributed by atoms with E-state index < -0.39 is 5.91 Å². The number of furan rings is 1. The molecule has 2 N–H and O–H groups in total. The molecule has 3 rings (SSSR count). The van der Waals surface area contributed by atoms with Gasteiger partial charge in [-0.3, -0.25) is 9.59 Å². The topological polar surface area (TPSA) is 80.6 Å². The molecule has 0 bridgehead atoms. The Morgan fingerprint density at radius 1 is 1.04 bits per heavy atom. The molecule has 0 atom stereocenters. The standard InChI is InChI=1S/C20H17ClN2O4/c1-13-8-9-15(23-20(25)18-7-4-10-26-18)16(11-13)22-19(24)12-27-17-6-3-2-5-14(17)21/h2-11H,12H2,1H3,(H,22,24)(H,23,25). The summed E-state index contributed by atoms with van der Waals surface area (Å²) in [6.07, 6.45) is 1.42. The van der Waals surface area contributed by atoms with Crippen LogP contribution >= 0.6 is 11.6 Å². The molecule has 2 amide bonds. The zero-order valence-electron chi connectivity index (χ0n) is 14.5. The molecule has 138 valence electrons. The van der Waals surface area contributed by atoms with E-state index >= 15 is 0 Å². The number of hydrogen-bond acceptors (Lipinski definition) is 4. The van der Waals surface area contributed by atoms with Crippen LogP contribution in [-0.2, 0) is 4.79 Å². The van der Waals surface area contributed by atoms with E-state index in [-0.39, 0.29) is 18.3 Å². The van der Waals surface area contributed by atoms with Crippen LogP contribution in [0.5, 0.6) is 5.75 Å². The van der Waals surface area contributed by atoms with Gasteiger partial charge in [0, 0.05) is 0 Å². The largest absolute Gasteiger partial charge is 0.482 e. The quantitative estimate of drug-likeness (QED) is 0.655. The van der Waals surface area contributed by atoms with Crippen LogP contribution in [0.2, 0.25) is 5.02 Å². The number of halogens is 1. The molecule has 0 saturated heterocycles. The summed E-state index contributed by atoms with van der Waals surface area (Å²) in [5.41, 5.74) is 1.84. The molecule has 0 aliphatic carbocycles. The second-order valence-electron chi connectivity index (χ2n) is 5.75. The van der Waals surface area contributed by atoms with Crippen molar-refractivity contribution in [3.63, 3.8) is 0 Å². The van der Waals surface area contributed by atoms with E-state index in [0.717, 1.165) is 5.56 Å². The highest BCUT2D eigenvalue weighted by atomic mass is 35.5. The summed E-state index contributed by atoms with van der Waals surface area (Å²) >= 11 is 6.01. The molecule has 0 radical (unpaired) electrons. The maximum absolute atomic E-state index is 12.3. The van der Waals surface area contributed by atoms with Gasteiger partial charge in [-0.1, -0.05) is 29.8 Å². The van der Waals surface area contributed by atoms with Crippen LogP contribution in [-0.4, -0.2) is 18.4 Å². The maximum Gasteiger partial charge on any atom is 0.291 e. The van der Waals surface area contributed by atoms with Crippen molar-refractivity contribution < 1.29 is 18.7 Å². The number of hydrogen-bond donors (Lipinski definition) is 2. The van der Waals surface area contributed by atoms with E-state index in [1.54, 1.807) is 48.5 Å². The Bertz CT molecular complexity index is 954. The summed E-state index contributed by atoms with van der Waals surface area (Å²) in [5.74, 6) is -0.194. The second-order valence-corrected chi connectivity index (χ2v) is 6.15. The monoisotopic (exact) mass is 384 g/mol. The highest BCUT2D eigenvalue weighted by Gasteiger charge is 2.14. The Morgan fingerprint density at radius 3 is 2.59 bits per heavy atom. The minimum atomic E-state index is -0.410. The first kappa shape index (κ1) is 18.5. The van der Waals surface area contributed by atoms with E-state index in [9.17, 15) is 9.59 Å². The summed E-state index contributed by atoms with van der Waals surface area (Å²) in [6, 6.07) is 15.4. The van der Waals surface area contributed by atoms with Gasteiger partial charge in [-0.05, 0) is 48.9 Å². The average Bonchev–Trinajstić information content (AvgIpc) is 3.18. The third kappa shape index (κ3) is 4.89. The van der Waals surface area contributed by atoms with E-state index in [1.165, 1.54) is 6.26 Å². The van der Waals surface area contributed by atoms with Crippen molar-refractivity contribution in [2.45, 2.75) is 6.92 Å². The normalized spacial score (nSPS) is 10.3. The van der Waals surface area contributed by atoms with Crippen LogP contribution in [0.25, 0.3) is 0 Å². The second kappa shape index (κ2) is 8.42. The maximum atomic E-state index is 12.3. The molecule has 1 aromatic heterocycles. The molecule has 3 aromatic rings. The van der Waals surface area contributed by atoms with Gasteiger partial charge in [0.25, 0.3) is 11.8 Å². The minimum Gasteiger partial charge on any atom is -0.482 e. The number of carbonyl (C=O) groups is 2. The van der Waals surface area contributed by atoms with Crippen molar-refractivity contribution in [2.24, 2.45) is 0 Å². The lowest BCUT2D eigenvalue weighted by Crippen LogP contribution is -2.22. The molecular formula is C20H17ClN2O4. The highest BCUT2D eigenvalue weighted by molar-refractivity contribution is 6.32. The minimum absolute atomic E-state index is 0.176. The van der Waals surface area contributed by atoms with Crippen molar-refractivity contribution in [3.05, 3.63) is 77.2 Å². The predicted molar refractivity (Wildman–Crippen MR) is 103 cm³/mol. The molecular weight excluding hydrogens is 368 g/mol. The number of rotatable bonds is 6. The van der Waals surface area contributed by atoms with Gasteiger partial charge in [0.15, 0.2) is 12.4 Å². The van der Waals surface area contributed by atoms with Crippen molar-refractivity contribution in [1.82, 2.24) is 0 Å². The van der Waals surface area contributed by atoms with Crippen molar-refractivity contribution in [1.29, 1.82) is 0 Å². The Labute approximate surface area is 161 Å². The number of benzene rings is 2. The summed E-state index contributed by atoms with van der Waals surface area (Å²) in [6.45, 7) is 1.66. The summed E-state index contributed by atoms with van der Waals surface area (Å²) < 4.78 is 10.5. The number of ether oxygens (including phenoxy) is 1. The zero-order chi connectivity index (χ0) is 19.2. The fourth-order valence-electron chi connectivity index (χ4n) is 2.35. The summed E-state index contributed by atoms with van der Waals surface area (Å²) in [4.78, 5) is 24.5. The van der Waals surface area contributed by atoms with Crippen LogP contribution in [0.3, 0.4) is 0 Å². The Balaban J connectivity index is 1.68. The van der Waals surface area contributed by atoms with Gasteiger partial charge in [0.1, 0.15) is 5.75 Å². The number of carbonyl (C=O) groups excluding carboxylic acids is 2. The molecule has 0 saturated carbocycles. The van der Waals surface area contributed by atoms with Crippen molar-refractivity contribution in [3.8, 4) is 5.75 Å². The first-order valence-corrected chi connectivity index (χ1v) is 8.53. The number of aryl methyl sites for hydroxylation is 1. The van der Waals surface area contributed by atoms with Gasteiger partial charge in [-0.25, -0.2) is 0 Å². The SMILES string of the molecule is Cc1ccc(NC(=O)c2ccco2)c(NC(=O)COc2ccccc2Cl)c1. The van der Waals surface area contributed by atoms with Gasteiger partial charge in [-0.15, -0.1) is 0 Å². The van der Waals surface area contributed by atoms with Crippen molar-refractivity contribution in [2.75, 3.05) is 17.2 Å². The lowest BCUT2D eigenvalue weighted by Gasteiger charge is -2.13. The predicted octanol–water partition coefficient (Wildman–Crippen LogP) is 4.51. The van der Waals surface area contributed by atoms with Gasteiger partial charge in [0.05, 0.1) is 22.7 Å². The molecule has 1 heterocycles. The Kier molecular flexibility index (Phi) is 5.78. The van der Waals surface area contributed by atoms with Gasteiger partial charge < -0.3 is 19.8 Å². The average molecular weight is 385 g/mol. The molecule has 0 spiro atoms. The molecule has 7 heteroatoms.